The number of carbonyl (C=O) groups is 1. The van der Waals surface area contributed by atoms with Crippen molar-refractivity contribution in [1.82, 2.24) is 10.6 Å². The standard InChI is InChI=1S/C13H22N2O2S/c1-10(14-8-11-5-6-18-9-11)7-15-12(16)17-13(2,3)4/h5-6,9-10,14H,7-8H2,1-4H3,(H,15,16). The van der Waals surface area contributed by atoms with E-state index >= 15 is 0 Å². The molecule has 0 aromatic carbocycles. The van der Waals surface area contributed by atoms with Crippen LogP contribution < -0.4 is 10.6 Å². The largest absolute Gasteiger partial charge is 0.444 e. The Hall–Kier alpha value is -1.07. The van der Waals surface area contributed by atoms with Crippen molar-refractivity contribution in [3.63, 3.8) is 0 Å². The summed E-state index contributed by atoms with van der Waals surface area (Å²) in [7, 11) is 0. The molecule has 0 saturated carbocycles. The lowest BCUT2D eigenvalue weighted by Crippen LogP contribution is -2.40. The Morgan fingerprint density at radius 3 is 2.78 bits per heavy atom. The number of thiophene rings is 1. The molecule has 1 aromatic heterocycles. The molecule has 0 spiro atoms. The molecular weight excluding hydrogens is 248 g/mol. The molecule has 0 aliphatic carbocycles. The summed E-state index contributed by atoms with van der Waals surface area (Å²) in [6.45, 7) is 8.96. The lowest BCUT2D eigenvalue weighted by molar-refractivity contribution is 0.0523. The summed E-state index contributed by atoms with van der Waals surface area (Å²) in [6.07, 6.45) is -0.369. The molecule has 0 bridgehead atoms. The molecule has 0 radical (unpaired) electrons. The molecule has 0 fully saturated rings. The first-order valence-corrected chi connectivity index (χ1v) is 7.02. The maximum atomic E-state index is 11.4. The number of alkyl carbamates (subject to hydrolysis) is 1. The first-order chi connectivity index (χ1) is 8.37. The minimum atomic E-state index is -0.447. The van der Waals surface area contributed by atoms with Gasteiger partial charge in [-0.15, -0.1) is 0 Å². The summed E-state index contributed by atoms with van der Waals surface area (Å²) in [5, 5.41) is 10.3. The van der Waals surface area contributed by atoms with Crippen molar-refractivity contribution >= 4 is 17.4 Å². The van der Waals surface area contributed by atoms with Crippen molar-refractivity contribution in [2.75, 3.05) is 6.54 Å². The zero-order valence-electron chi connectivity index (χ0n) is 11.4. The zero-order chi connectivity index (χ0) is 13.6. The van der Waals surface area contributed by atoms with E-state index in [0.29, 0.717) is 6.54 Å². The van der Waals surface area contributed by atoms with Crippen molar-refractivity contribution in [2.24, 2.45) is 0 Å². The zero-order valence-corrected chi connectivity index (χ0v) is 12.3. The van der Waals surface area contributed by atoms with Crippen molar-refractivity contribution in [3.05, 3.63) is 22.4 Å². The molecule has 0 aliphatic heterocycles. The van der Waals surface area contributed by atoms with Crippen LogP contribution in [0.4, 0.5) is 4.79 Å². The van der Waals surface area contributed by atoms with Gasteiger partial charge >= 0.3 is 6.09 Å². The minimum absolute atomic E-state index is 0.206. The van der Waals surface area contributed by atoms with E-state index in [4.69, 9.17) is 4.74 Å². The third kappa shape index (κ3) is 6.61. The minimum Gasteiger partial charge on any atom is -0.444 e. The van der Waals surface area contributed by atoms with Crippen LogP contribution in [0.1, 0.15) is 33.3 Å². The van der Waals surface area contributed by atoms with Gasteiger partial charge in [0.2, 0.25) is 0 Å². The summed E-state index contributed by atoms with van der Waals surface area (Å²) in [5.41, 5.74) is 0.821. The molecule has 1 heterocycles. The fourth-order valence-corrected chi connectivity index (χ4v) is 1.98. The third-order valence-corrected chi connectivity index (χ3v) is 2.92. The molecule has 1 unspecified atom stereocenters. The van der Waals surface area contributed by atoms with E-state index in [1.165, 1.54) is 5.56 Å². The van der Waals surface area contributed by atoms with E-state index in [-0.39, 0.29) is 12.1 Å². The Morgan fingerprint density at radius 1 is 1.50 bits per heavy atom. The average Bonchev–Trinajstić information content (AvgIpc) is 2.74. The molecule has 18 heavy (non-hydrogen) atoms. The van der Waals surface area contributed by atoms with E-state index in [1.54, 1.807) is 11.3 Å². The molecule has 1 aromatic rings. The highest BCUT2D eigenvalue weighted by atomic mass is 32.1. The predicted octanol–water partition coefficient (Wildman–Crippen LogP) is 2.75. The molecule has 5 heteroatoms. The van der Waals surface area contributed by atoms with Crippen molar-refractivity contribution in [3.8, 4) is 0 Å². The lowest BCUT2D eigenvalue weighted by Gasteiger charge is -2.21. The van der Waals surface area contributed by atoms with Gasteiger partial charge in [0.15, 0.2) is 0 Å². The van der Waals surface area contributed by atoms with E-state index < -0.39 is 5.60 Å². The second-order valence-corrected chi connectivity index (χ2v) is 6.08. The van der Waals surface area contributed by atoms with Crippen LogP contribution in [0.25, 0.3) is 0 Å². The van der Waals surface area contributed by atoms with Crippen molar-refractivity contribution in [2.45, 2.75) is 45.9 Å². The van der Waals surface area contributed by atoms with Crippen LogP contribution in [0.2, 0.25) is 0 Å². The Balaban J connectivity index is 2.17. The number of carbonyl (C=O) groups excluding carboxylic acids is 1. The molecular formula is C13H22N2O2S. The summed E-state index contributed by atoms with van der Waals surface area (Å²) < 4.78 is 5.16. The van der Waals surface area contributed by atoms with Crippen LogP contribution in [-0.4, -0.2) is 24.3 Å². The fourth-order valence-electron chi connectivity index (χ4n) is 1.31. The van der Waals surface area contributed by atoms with Gasteiger partial charge < -0.3 is 15.4 Å². The summed E-state index contributed by atoms with van der Waals surface area (Å²) in [6, 6.07) is 2.29. The SMILES string of the molecule is CC(CNC(=O)OC(C)(C)C)NCc1ccsc1. The fraction of sp³-hybridized carbons (Fsp3) is 0.615. The van der Waals surface area contributed by atoms with Gasteiger partial charge in [-0.2, -0.15) is 11.3 Å². The quantitative estimate of drug-likeness (QED) is 0.865. The monoisotopic (exact) mass is 270 g/mol. The van der Waals surface area contributed by atoms with Gasteiger partial charge in [0, 0.05) is 19.1 Å². The first kappa shape index (κ1) is 15.0. The van der Waals surface area contributed by atoms with Crippen LogP contribution in [0.15, 0.2) is 16.8 Å². The third-order valence-electron chi connectivity index (χ3n) is 2.19. The molecule has 1 amide bonds. The smallest absolute Gasteiger partial charge is 0.407 e. The maximum Gasteiger partial charge on any atom is 0.407 e. The van der Waals surface area contributed by atoms with E-state index in [0.717, 1.165) is 6.54 Å². The van der Waals surface area contributed by atoms with E-state index in [1.807, 2.05) is 27.7 Å². The van der Waals surface area contributed by atoms with Gasteiger partial charge in [-0.1, -0.05) is 0 Å². The van der Waals surface area contributed by atoms with E-state index in [2.05, 4.69) is 27.5 Å². The van der Waals surface area contributed by atoms with Gasteiger partial charge in [0.25, 0.3) is 0 Å². The molecule has 0 aliphatic rings. The second kappa shape index (κ2) is 6.75. The van der Waals surface area contributed by atoms with Crippen molar-refractivity contribution < 1.29 is 9.53 Å². The predicted molar refractivity (Wildman–Crippen MR) is 74.9 cm³/mol. The molecule has 1 atom stereocenters. The number of ether oxygens (including phenoxy) is 1. The molecule has 4 nitrogen and oxygen atoms in total. The van der Waals surface area contributed by atoms with Crippen LogP contribution in [0, 0.1) is 0 Å². The number of amides is 1. The second-order valence-electron chi connectivity index (χ2n) is 5.30. The first-order valence-electron chi connectivity index (χ1n) is 6.08. The maximum absolute atomic E-state index is 11.4. The summed E-state index contributed by atoms with van der Waals surface area (Å²) in [5.74, 6) is 0. The van der Waals surface area contributed by atoms with Crippen LogP contribution >= 0.6 is 11.3 Å². The van der Waals surface area contributed by atoms with Crippen molar-refractivity contribution in [1.29, 1.82) is 0 Å². The van der Waals surface area contributed by atoms with Crippen LogP contribution in [0.3, 0.4) is 0 Å². The highest BCUT2D eigenvalue weighted by Gasteiger charge is 2.16. The molecule has 102 valence electrons. The Kier molecular flexibility index (Phi) is 5.62. The molecule has 0 saturated heterocycles. The number of hydrogen-bond donors (Lipinski definition) is 2. The molecule has 1 rings (SSSR count). The lowest BCUT2D eigenvalue weighted by atomic mass is 10.2. The topological polar surface area (TPSA) is 50.4 Å². The van der Waals surface area contributed by atoms with Gasteiger partial charge in [-0.3, -0.25) is 0 Å². The number of rotatable bonds is 5. The van der Waals surface area contributed by atoms with E-state index in [9.17, 15) is 4.79 Å². The summed E-state index contributed by atoms with van der Waals surface area (Å²) in [4.78, 5) is 11.4. The van der Waals surface area contributed by atoms with Crippen LogP contribution in [-0.2, 0) is 11.3 Å². The highest BCUT2D eigenvalue weighted by molar-refractivity contribution is 7.07. The molecule has 2 N–H and O–H groups in total. The van der Waals surface area contributed by atoms with Gasteiger partial charge in [0.05, 0.1) is 0 Å². The summed E-state index contributed by atoms with van der Waals surface area (Å²) >= 11 is 1.69. The Labute approximate surface area is 113 Å². The van der Waals surface area contributed by atoms with Gasteiger partial charge in [0.1, 0.15) is 5.60 Å². The highest BCUT2D eigenvalue weighted by Crippen LogP contribution is 2.07. The normalized spacial score (nSPS) is 13.1. The van der Waals surface area contributed by atoms with Gasteiger partial charge in [-0.05, 0) is 50.1 Å². The number of hydrogen-bond acceptors (Lipinski definition) is 4. The number of nitrogens with one attached hydrogen (secondary N) is 2. The average molecular weight is 270 g/mol. The Bertz CT molecular complexity index is 358. The Morgan fingerprint density at radius 2 is 2.22 bits per heavy atom. The van der Waals surface area contributed by atoms with Crippen LogP contribution in [0.5, 0.6) is 0 Å². The van der Waals surface area contributed by atoms with Gasteiger partial charge in [-0.25, -0.2) is 4.79 Å².